The quantitative estimate of drug-likeness (QED) is 0.0217. The molecule has 1 N–H and O–H groups in total. The van der Waals surface area contributed by atoms with Gasteiger partial charge in [-0.05, 0) is 103 Å². The summed E-state index contributed by atoms with van der Waals surface area (Å²) in [6.07, 6.45) is 59.6. The number of quaternary nitrogens is 1. The molecule has 0 radical (unpaired) electrons. The highest BCUT2D eigenvalue weighted by Crippen LogP contribution is 2.43. The minimum absolute atomic E-state index is 0.0652. The number of unbranched alkanes of at least 4 members (excludes halogenated alkanes) is 5. The Balaban J connectivity index is 4.42. The van der Waals surface area contributed by atoms with Gasteiger partial charge in [-0.3, -0.25) is 13.8 Å². The van der Waals surface area contributed by atoms with E-state index in [1.165, 1.54) is 0 Å². The highest BCUT2D eigenvalue weighted by Gasteiger charge is 2.26. The van der Waals surface area contributed by atoms with E-state index in [0.29, 0.717) is 24.1 Å². The Morgan fingerprint density at radius 1 is 0.525 bits per heavy atom. The van der Waals surface area contributed by atoms with Crippen molar-refractivity contribution in [3.8, 4) is 0 Å². The minimum Gasteiger partial charge on any atom is -0.457 e. The first-order valence-electron chi connectivity index (χ1n) is 22.3. The van der Waals surface area contributed by atoms with Crippen LogP contribution >= 0.6 is 7.82 Å². The molecular formula is C50H83NO7P+. The highest BCUT2D eigenvalue weighted by molar-refractivity contribution is 7.47. The summed E-state index contributed by atoms with van der Waals surface area (Å²) in [6, 6.07) is 0. The molecule has 8 nitrogen and oxygen atoms in total. The zero-order valence-corrected chi connectivity index (χ0v) is 38.6. The molecule has 0 fully saturated rings. The van der Waals surface area contributed by atoms with Crippen molar-refractivity contribution >= 4 is 13.8 Å². The highest BCUT2D eigenvalue weighted by atomic mass is 31.2. The second-order valence-electron chi connectivity index (χ2n) is 15.3. The molecule has 0 aliphatic rings. The van der Waals surface area contributed by atoms with E-state index < -0.39 is 13.9 Å². The first kappa shape index (κ1) is 55.9. The number of esters is 1. The van der Waals surface area contributed by atoms with Gasteiger partial charge in [-0.25, -0.2) is 4.57 Å². The predicted molar refractivity (Wildman–Crippen MR) is 251 cm³/mol. The van der Waals surface area contributed by atoms with Crippen LogP contribution in [0.2, 0.25) is 0 Å². The number of nitrogens with zero attached hydrogens (tertiary/aromatic N) is 1. The van der Waals surface area contributed by atoms with Gasteiger partial charge in [0, 0.05) is 13.0 Å². The number of carbonyl (C=O) groups is 1. The Morgan fingerprint density at radius 2 is 0.932 bits per heavy atom. The average Bonchev–Trinajstić information content (AvgIpc) is 3.19. The molecule has 334 valence electrons. The number of hydrogen-bond acceptors (Lipinski definition) is 6. The maximum Gasteiger partial charge on any atom is 0.472 e. The summed E-state index contributed by atoms with van der Waals surface area (Å²) in [6.45, 7) is 5.19. The van der Waals surface area contributed by atoms with Gasteiger partial charge in [0.1, 0.15) is 19.3 Å². The van der Waals surface area contributed by atoms with Gasteiger partial charge in [-0.1, -0.05) is 142 Å². The van der Waals surface area contributed by atoms with Crippen molar-refractivity contribution in [1.82, 2.24) is 0 Å². The van der Waals surface area contributed by atoms with E-state index in [-0.39, 0.29) is 32.2 Å². The van der Waals surface area contributed by atoms with Crippen LogP contribution in [0.1, 0.15) is 129 Å². The topological polar surface area (TPSA) is 91.3 Å². The summed E-state index contributed by atoms with van der Waals surface area (Å²) in [5, 5.41) is 0. The van der Waals surface area contributed by atoms with Crippen molar-refractivity contribution in [3.05, 3.63) is 122 Å². The Labute approximate surface area is 361 Å². The summed E-state index contributed by atoms with van der Waals surface area (Å²) in [4.78, 5) is 22.9. The van der Waals surface area contributed by atoms with E-state index in [1.54, 1.807) is 0 Å². The lowest BCUT2D eigenvalue weighted by Crippen LogP contribution is -2.37. The van der Waals surface area contributed by atoms with Crippen LogP contribution in [0.4, 0.5) is 0 Å². The molecule has 0 heterocycles. The monoisotopic (exact) mass is 841 g/mol. The van der Waals surface area contributed by atoms with Crippen molar-refractivity contribution in [3.63, 3.8) is 0 Å². The van der Waals surface area contributed by atoms with Crippen molar-refractivity contribution < 1.29 is 37.3 Å². The summed E-state index contributed by atoms with van der Waals surface area (Å²) in [5.41, 5.74) is 0. The molecule has 0 aromatic carbocycles. The second kappa shape index (κ2) is 41.6. The molecule has 0 bridgehead atoms. The van der Waals surface area contributed by atoms with Gasteiger partial charge in [0.2, 0.25) is 0 Å². The zero-order valence-electron chi connectivity index (χ0n) is 37.7. The molecule has 0 saturated heterocycles. The Morgan fingerprint density at radius 3 is 1.36 bits per heavy atom. The lowest BCUT2D eigenvalue weighted by Gasteiger charge is -2.24. The number of phosphoric acid groups is 1. The van der Waals surface area contributed by atoms with E-state index in [0.717, 1.165) is 103 Å². The fraction of sp³-hybridized carbons (Fsp3) is 0.580. The smallest absolute Gasteiger partial charge is 0.457 e. The van der Waals surface area contributed by atoms with Crippen LogP contribution in [0, 0.1) is 0 Å². The van der Waals surface area contributed by atoms with Gasteiger partial charge in [0.25, 0.3) is 0 Å². The number of hydrogen-bond donors (Lipinski definition) is 1. The van der Waals surface area contributed by atoms with Crippen LogP contribution in [0.25, 0.3) is 0 Å². The molecule has 2 atom stereocenters. The molecule has 59 heavy (non-hydrogen) atoms. The molecule has 0 spiro atoms. The standard InChI is InChI=1S/C50H82NO7P/c1-6-8-10-12-14-16-18-20-22-24-26-27-29-31-33-35-37-39-41-43-50(52)58-49(48-57-59(53,54)56-46-44-51(3,4)5)47-55-45-42-40-38-36-34-32-30-28-25-23-21-19-17-15-13-11-9-7-2/h8-11,14-17,20-23,26-28,30-31,33-34,36,49H,6-7,12-13,18-19,24-25,29,32,35,37-48H2,1-5H3/p+1/b10-8-,11-9-,16-14-,17-15-,22-20-,23-21-,27-26-,30-28-,33-31-,36-34-. The summed E-state index contributed by atoms with van der Waals surface area (Å²) < 4.78 is 34.9. The summed E-state index contributed by atoms with van der Waals surface area (Å²) in [7, 11) is 1.59. The number of allylic oxidation sites excluding steroid dienone is 20. The van der Waals surface area contributed by atoms with E-state index in [9.17, 15) is 14.3 Å². The van der Waals surface area contributed by atoms with Gasteiger partial charge in [-0.2, -0.15) is 0 Å². The first-order chi connectivity index (χ1) is 28.6. The first-order valence-corrected chi connectivity index (χ1v) is 23.8. The molecule has 0 amide bonds. The molecule has 0 rings (SSSR count). The molecular weight excluding hydrogens is 758 g/mol. The number of rotatable bonds is 39. The Hall–Kier alpha value is -3.10. The zero-order chi connectivity index (χ0) is 43.4. The van der Waals surface area contributed by atoms with Crippen molar-refractivity contribution in [1.29, 1.82) is 0 Å². The van der Waals surface area contributed by atoms with E-state index >= 15 is 0 Å². The fourth-order valence-corrected chi connectivity index (χ4v) is 5.87. The average molecular weight is 841 g/mol. The van der Waals surface area contributed by atoms with Gasteiger partial charge in [-0.15, -0.1) is 0 Å². The maximum absolute atomic E-state index is 12.7. The maximum atomic E-state index is 12.7. The van der Waals surface area contributed by atoms with Gasteiger partial charge in [0.15, 0.2) is 0 Å². The van der Waals surface area contributed by atoms with Crippen LogP contribution in [-0.2, 0) is 27.9 Å². The molecule has 2 unspecified atom stereocenters. The Bertz CT molecular complexity index is 1350. The lowest BCUT2D eigenvalue weighted by molar-refractivity contribution is -0.870. The third-order valence-electron chi connectivity index (χ3n) is 8.52. The van der Waals surface area contributed by atoms with Crippen LogP contribution in [0.15, 0.2) is 122 Å². The molecule has 0 aliphatic heterocycles. The third-order valence-corrected chi connectivity index (χ3v) is 9.50. The van der Waals surface area contributed by atoms with Gasteiger partial charge in [0.05, 0.1) is 34.4 Å². The van der Waals surface area contributed by atoms with Crippen LogP contribution < -0.4 is 0 Å². The van der Waals surface area contributed by atoms with Crippen LogP contribution in [-0.4, -0.2) is 75.6 Å². The molecule has 0 aliphatic carbocycles. The van der Waals surface area contributed by atoms with E-state index in [2.05, 4.69) is 135 Å². The molecule has 0 aromatic heterocycles. The minimum atomic E-state index is -4.31. The van der Waals surface area contributed by atoms with Gasteiger partial charge < -0.3 is 18.9 Å². The number of phosphoric ester groups is 1. The lowest BCUT2D eigenvalue weighted by atomic mass is 10.1. The van der Waals surface area contributed by atoms with E-state index in [1.807, 2.05) is 21.1 Å². The molecule has 0 aromatic rings. The fourth-order valence-electron chi connectivity index (χ4n) is 5.13. The number of likely N-dealkylation sites (N-methyl/N-ethyl adjacent to an activating group) is 1. The summed E-state index contributed by atoms with van der Waals surface area (Å²) in [5.74, 6) is -0.366. The second-order valence-corrected chi connectivity index (χ2v) is 16.8. The predicted octanol–water partition coefficient (Wildman–Crippen LogP) is 13.4. The van der Waals surface area contributed by atoms with Crippen LogP contribution in [0.3, 0.4) is 0 Å². The van der Waals surface area contributed by atoms with Crippen molar-refractivity contribution in [2.75, 3.05) is 54.1 Å². The van der Waals surface area contributed by atoms with E-state index in [4.69, 9.17) is 18.5 Å². The van der Waals surface area contributed by atoms with Crippen molar-refractivity contribution in [2.45, 2.75) is 136 Å². The Kier molecular flexibility index (Phi) is 39.4. The number of ether oxygens (including phenoxy) is 2. The summed E-state index contributed by atoms with van der Waals surface area (Å²) >= 11 is 0. The SMILES string of the molecule is CC/C=C\C/C=C\C/C=C\C/C=C\C/C=C\CCCCCC(=O)OC(COCCCC/C=C\C/C=C\C/C=C\C/C=C\C/C=C\CC)COP(=O)(O)OCC[N+](C)(C)C. The third kappa shape index (κ3) is 45.8. The van der Waals surface area contributed by atoms with Crippen molar-refractivity contribution in [2.24, 2.45) is 0 Å². The molecule has 9 heteroatoms. The molecule has 0 saturated carbocycles. The normalized spacial score (nSPS) is 14.9. The number of carbonyl (C=O) groups excluding carboxylic acids is 1. The van der Waals surface area contributed by atoms with Crippen LogP contribution in [0.5, 0.6) is 0 Å². The largest absolute Gasteiger partial charge is 0.472 e. The van der Waals surface area contributed by atoms with Gasteiger partial charge >= 0.3 is 13.8 Å².